The Morgan fingerprint density at radius 2 is 1.57 bits per heavy atom. The first-order valence-corrected chi connectivity index (χ1v) is 18.1. The number of carbonyl (C=O) groups is 2. The minimum atomic E-state index is -4.34. The molecule has 4 aromatic rings. The second-order valence-corrected chi connectivity index (χ2v) is 14.4. The zero-order valence-corrected chi connectivity index (χ0v) is 29.5. The van der Waals surface area contributed by atoms with Crippen LogP contribution in [0.25, 0.3) is 0 Å². The number of nitrogens with one attached hydrogen (secondary N) is 1. The number of halogens is 1. The van der Waals surface area contributed by atoms with Gasteiger partial charge in [0.05, 0.1) is 24.8 Å². The van der Waals surface area contributed by atoms with Crippen molar-refractivity contribution in [1.82, 2.24) is 10.2 Å². The highest BCUT2D eigenvalue weighted by atomic mass is 35.5. The fourth-order valence-electron chi connectivity index (χ4n) is 6.07. The molecule has 1 aliphatic rings. The first kappa shape index (κ1) is 35.8. The molecule has 9 nitrogen and oxygen atoms in total. The monoisotopic (exact) mass is 703 g/mol. The molecule has 0 heterocycles. The van der Waals surface area contributed by atoms with Crippen molar-refractivity contribution in [1.29, 1.82) is 0 Å². The predicted octanol–water partition coefficient (Wildman–Crippen LogP) is 6.56. The smallest absolute Gasteiger partial charge is 0.264 e. The van der Waals surface area contributed by atoms with Crippen LogP contribution in [0.5, 0.6) is 11.5 Å². The van der Waals surface area contributed by atoms with Crippen LogP contribution in [0.2, 0.25) is 5.02 Å². The van der Waals surface area contributed by atoms with Gasteiger partial charge in [-0.2, -0.15) is 0 Å². The highest BCUT2D eigenvalue weighted by Crippen LogP contribution is 2.36. The van der Waals surface area contributed by atoms with Gasteiger partial charge in [0.2, 0.25) is 11.8 Å². The van der Waals surface area contributed by atoms with Crippen molar-refractivity contribution in [3.8, 4) is 11.5 Å². The largest absolute Gasteiger partial charge is 0.497 e. The Bertz CT molecular complexity index is 1850. The van der Waals surface area contributed by atoms with E-state index in [1.54, 1.807) is 42.5 Å². The Morgan fingerprint density at radius 3 is 2.22 bits per heavy atom. The lowest BCUT2D eigenvalue weighted by molar-refractivity contribution is -0.140. The number of anilines is 1. The van der Waals surface area contributed by atoms with Crippen molar-refractivity contribution < 1.29 is 27.5 Å². The van der Waals surface area contributed by atoms with Gasteiger partial charge in [0.15, 0.2) is 0 Å². The van der Waals surface area contributed by atoms with Gasteiger partial charge in [-0.25, -0.2) is 8.42 Å². The van der Waals surface area contributed by atoms with Gasteiger partial charge in [-0.05, 0) is 61.2 Å². The molecule has 0 aliphatic heterocycles. The molecule has 0 unspecified atom stereocenters. The summed E-state index contributed by atoms with van der Waals surface area (Å²) >= 11 is 6.62. The normalized spacial score (nSPS) is 13.8. The number of hydrogen-bond donors (Lipinski definition) is 1. The molecule has 258 valence electrons. The Kier molecular flexibility index (Phi) is 11.9. The van der Waals surface area contributed by atoms with E-state index in [1.165, 1.54) is 37.3 Å². The van der Waals surface area contributed by atoms with E-state index < -0.39 is 28.5 Å². The van der Waals surface area contributed by atoms with Gasteiger partial charge in [-0.1, -0.05) is 90.7 Å². The van der Waals surface area contributed by atoms with Gasteiger partial charge < -0.3 is 19.7 Å². The minimum Gasteiger partial charge on any atom is -0.497 e. The van der Waals surface area contributed by atoms with Crippen molar-refractivity contribution in [2.45, 2.75) is 62.6 Å². The topological polar surface area (TPSA) is 105 Å². The minimum absolute atomic E-state index is 0.00231. The number of rotatable bonds is 14. The lowest BCUT2D eigenvalue weighted by Crippen LogP contribution is -2.54. The Balaban J connectivity index is 1.62. The maximum absolute atomic E-state index is 14.8. The van der Waals surface area contributed by atoms with Crippen molar-refractivity contribution >= 4 is 39.1 Å². The summed E-state index contributed by atoms with van der Waals surface area (Å²) in [6, 6.07) is 26.8. The molecule has 2 amide bonds. The van der Waals surface area contributed by atoms with E-state index in [0.717, 1.165) is 41.1 Å². The zero-order valence-electron chi connectivity index (χ0n) is 28.0. The fraction of sp³-hybridized carbons (Fsp3) is 0.316. The van der Waals surface area contributed by atoms with E-state index in [-0.39, 0.29) is 41.2 Å². The highest BCUT2D eigenvalue weighted by Gasteiger charge is 2.36. The van der Waals surface area contributed by atoms with Crippen molar-refractivity contribution in [3.63, 3.8) is 0 Å². The third-order valence-electron chi connectivity index (χ3n) is 8.81. The molecule has 1 saturated carbocycles. The van der Waals surface area contributed by atoms with Gasteiger partial charge in [0.25, 0.3) is 10.0 Å². The summed E-state index contributed by atoms with van der Waals surface area (Å²) in [4.78, 5) is 30.5. The number of benzene rings is 4. The van der Waals surface area contributed by atoms with E-state index in [0.29, 0.717) is 16.3 Å². The lowest BCUT2D eigenvalue weighted by atomic mass is 10.0. The Hall–Kier alpha value is -4.54. The van der Waals surface area contributed by atoms with E-state index in [4.69, 9.17) is 21.1 Å². The third-order valence-corrected chi connectivity index (χ3v) is 11.0. The van der Waals surface area contributed by atoms with Crippen LogP contribution >= 0.6 is 11.6 Å². The first-order chi connectivity index (χ1) is 23.6. The van der Waals surface area contributed by atoms with E-state index in [9.17, 15) is 18.0 Å². The average molecular weight is 704 g/mol. The third kappa shape index (κ3) is 8.74. The highest BCUT2D eigenvalue weighted by molar-refractivity contribution is 7.92. The van der Waals surface area contributed by atoms with E-state index in [1.807, 2.05) is 43.3 Å². The van der Waals surface area contributed by atoms with Crippen LogP contribution in [0.4, 0.5) is 5.69 Å². The van der Waals surface area contributed by atoms with E-state index >= 15 is 0 Å². The van der Waals surface area contributed by atoms with Crippen LogP contribution in [0, 0.1) is 6.92 Å². The molecule has 5 rings (SSSR count). The van der Waals surface area contributed by atoms with Crippen LogP contribution in [-0.2, 0) is 32.6 Å². The van der Waals surface area contributed by atoms with Gasteiger partial charge in [0, 0.05) is 30.1 Å². The van der Waals surface area contributed by atoms with Crippen molar-refractivity contribution in [2.75, 3.05) is 25.1 Å². The SMILES string of the molecule is COc1ccc(OC)c(N(CC(=O)N(Cc2ccccc2Cl)[C@@H](Cc2ccccc2)C(=O)NC2CCCC2)S(=O)(=O)c2ccc(C)cc2)c1. The van der Waals surface area contributed by atoms with Gasteiger partial charge in [0.1, 0.15) is 24.1 Å². The van der Waals surface area contributed by atoms with Crippen molar-refractivity contribution in [2.24, 2.45) is 0 Å². The molecule has 0 spiro atoms. The number of nitrogens with zero attached hydrogens (tertiary/aromatic N) is 2. The van der Waals surface area contributed by atoms with Crippen molar-refractivity contribution in [3.05, 3.63) is 119 Å². The molecule has 1 atom stereocenters. The van der Waals surface area contributed by atoms with Gasteiger partial charge >= 0.3 is 0 Å². The quantitative estimate of drug-likeness (QED) is 0.160. The van der Waals surface area contributed by atoms with Crippen LogP contribution in [0.15, 0.2) is 102 Å². The number of aryl methyl sites for hydroxylation is 1. The average Bonchev–Trinajstić information content (AvgIpc) is 3.62. The fourth-order valence-corrected chi connectivity index (χ4v) is 7.69. The maximum Gasteiger partial charge on any atom is 0.264 e. The first-order valence-electron chi connectivity index (χ1n) is 16.3. The zero-order chi connectivity index (χ0) is 35.0. The molecule has 11 heteroatoms. The number of sulfonamides is 1. The summed E-state index contributed by atoms with van der Waals surface area (Å²) in [6.07, 6.45) is 3.97. The second-order valence-electron chi connectivity index (χ2n) is 12.2. The summed E-state index contributed by atoms with van der Waals surface area (Å²) in [5, 5.41) is 3.61. The summed E-state index contributed by atoms with van der Waals surface area (Å²) in [5.41, 5.74) is 2.47. The van der Waals surface area contributed by atoms with Gasteiger partial charge in [-0.3, -0.25) is 13.9 Å². The molecular formula is C38H42ClN3O6S. The predicted molar refractivity (Wildman–Crippen MR) is 192 cm³/mol. The number of hydrogen-bond acceptors (Lipinski definition) is 6. The van der Waals surface area contributed by atoms with Gasteiger partial charge in [-0.15, -0.1) is 0 Å². The number of carbonyl (C=O) groups excluding carboxylic acids is 2. The van der Waals surface area contributed by atoms with Crippen LogP contribution in [0.3, 0.4) is 0 Å². The van der Waals surface area contributed by atoms with Crippen LogP contribution < -0.4 is 19.1 Å². The number of amides is 2. The van der Waals surface area contributed by atoms with E-state index in [2.05, 4.69) is 5.32 Å². The molecule has 0 aromatic heterocycles. The molecule has 0 bridgehead atoms. The summed E-state index contributed by atoms with van der Waals surface area (Å²) in [5.74, 6) is -0.300. The Morgan fingerprint density at radius 1 is 0.898 bits per heavy atom. The standard InChI is InChI=1S/C38H42ClN3O6S/c1-27-17-20-32(21-18-27)49(45,46)42(34-24-31(47-2)19-22-36(34)48-3)26-37(43)41(25-29-13-7-10-16-33(29)39)35(23-28-11-5-4-6-12-28)38(44)40-30-14-8-9-15-30/h4-7,10-13,16-22,24,30,35H,8-9,14-15,23,25-26H2,1-3H3,(H,40,44)/t35-/m0/s1. The summed E-state index contributed by atoms with van der Waals surface area (Å²) in [7, 11) is -1.44. The van der Waals surface area contributed by atoms with Crippen LogP contribution in [0.1, 0.15) is 42.4 Å². The summed E-state index contributed by atoms with van der Waals surface area (Å²) < 4.78 is 41.0. The Labute approximate surface area is 293 Å². The number of ether oxygens (including phenoxy) is 2. The maximum atomic E-state index is 14.8. The molecule has 49 heavy (non-hydrogen) atoms. The molecular weight excluding hydrogens is 662 g/mol. The summed E-state index contributed by atoms with van der Waals surface area (Å²) in [6.45, 7) is 1.20. The molecule has 1 fully saturated rings. The molecule has 4 aromatic carbocycles. The molecule has 0 radical (unpaired) electrons. The van der Waals surface area contributed by atoms with Crippen LogP contribution in [-0.4, -0.2) is 58.0 Å². The molecule has 1 aliphatic carbocycles. The molecule has 1 N–H and O–H groups in total. The lowest BCUT2D eigenvalue weighted by Gasteiger charge is -2.34. The number of methoxy groups -OCH3 is 2. The molecule has 0 saturated heterocycles. The second kappa shape index (κ2) is 16.2.